The number of hydrogen-bond acceptors (Lipinski definition) is 4. The fraction of sp³-hybridized carbons (Fsp3) is 0.947. The fourth-order valence-corrected chi connectivity index (χ4v) is 6.60. The second kappa shape index (κ2) is 6.27. The normalized spacial score (nSPS) is 41.6. The highest BCUT2D eigenvalue weighted by Gasteiger charge is 2.50. The summed E-state index contributed by atoms with van der Waals surface area (Å²) in [5, 5.41) is 0. The van der Waals surface area contributed by atoms with Crippen molar-refractivity contribution in [2.24, 2.45) is 39.6 Å². The Balaban J connectivity index is 1.35. The third kappa shape index (κ3) is 3.11. The van der Waals surface area contributed by atoms with Crippen LogP contribution < -0.4 is 11.5 Å². The molecule has 4 fully saturated rings. The van der Waals surface area contributed by atoms with E-state index >= 15 is 0 Å². The Labute approximate surface area is 141 Å². The molecule has 4 N–H and O–H groups in total. The van der Waals surface area contributed by atoms with Gasteiger partial charge in [-0.05, 0) is 87.5 Å². The first-order valence-corrected chi connectivity index (χ1v) is 9.94. The number of aliphatic imine (C=N–C) groups is 1. The van der Waals surface area contributed by atoms with Crippen LogP contribution in [0.25, 0.3) is 0 Å². The van der Waals surface area contributed by atoms with E-state index in [1.54, 1.807) is 0 Å². The molecule has 0 saturated heterocycles. The molecular weight excluding hydrogens is 284 g/mol. The second-order valence-corrected chi connectivity index (χ2v) is 9.00. The lowest BCUT2D eigenvalue weighted by molar-refractivity contribution is -0.0597. The highest BCUT2D eigenvalue weighted by molar-refractivity contribution is 5.80. The standard InChI is InChI=1S/C19H34N4/c20-5-2-1-3-17-13-22-18(21)23(17)6-4-19-10-14-7-15(11-19)9-16(8-14)12-19/h14-17H,1-13,20H2,(H2,21,22)/t14?,15?,16?,17-,19?/m0/s1. The minimum absolute atomic E-state index is 0.537. The van der Waals surface area contributed by atoms with E-state index in [1.165, 1.54) is 57.8 Å². The summed E-state index contributed by atoms with van der Waals surface area (Å²) in [7, 11) is 0. The van der Waals surface area contributed by atoms with Crippen LogP contribution in [0.15, 0.2) is 4.99 Å². The van der Waals surface area contributed by atoms with E-state index in [0.29, 0.717) is 11.5 Å². The lowest BCUT2D eigenvalue weighted by atomic mass is 9.49. The minimum Gasteiger partial charge on any atom is -0.370 e. The monoisotopic (exact) mass is 318 g/mol. The molecule has 0 aromatic rings. The number of hydrogen-bond donors (Lipinski definition) is 2. The zero-order chi connectivity index (χ0) is 15.9. The van der Waals surface area contributed by atoms with Gasteiger partial charge in [0, 0.05) is 6.54 Å². The SMILES string of the molecule is NCCCC[C@H]1CN=C(N)N1CCC12CC3CC(CC(C3)C1)C2. The third-order valence-corrected chi connectivity index (χ3v) is 7.24. The second-order valence-electron chi connectivity index (χ2n) is 9.00. The lowest BCUT2D eigenvalue weighted by Crippen LogP contribution is -2.49. The molecule has 1 atom stereocenters. The summed E-state index contributed by atoms with van der Waals surface area (Å²) < 4.78 is 0. The molecule has 0 spiro atoms. The van der Waals surface area contributed by atoms with E-state index in [-0.39, 0.29) is 0 Å². The van der Waals surface area contributed by atoms with Crippen molar-refractivity contribution < 1.29 is 0 Å². The van der Waals surface area contributed by atoms with Crippen LogP contribution in [0.5, 0.6) is 0 Å². The molecule has 0 amide bonds. The van der Waals surface area contributed by atoms with Crippen LogP contribution >= 0.6 is 0 Å². The van der Waals surface area contributed by atoms with Crippen molar-refractivity contribution in [3.05, 3.63) is 0 Å². The van der Waals surface area contributed by atoms with Gasteiger partial charge in [0.2, 0.25) is 0 Å². The first-order valence-electron chi connectivity index (χ1n) is 9.94. The van der Waals surface area contributed by atoms with Crippen LogP contribution in [-0.4, -0.2) is 36.5 Å². The van der Waals surface area contributed by atoms with E-state index in [0.717, 1.165) is 49.8 Å². The zero-order valence-corrected chi connectivity index (χ0v) is 14.6. The van der Waals surface area contributed by atoms with Crippen molar-refractivity contribution >= 4 is 5.96 Å². The van der Waals surface area contributed by atoms with Crippen molar-refractivity contribution in [2.75, 3.05) is 19.6 Å². The molecule has 4 aliphatic carbocycles. The van der Waals surface area contributed by atoms with E-state index in [1.807, 2.05) is 0 Å². The molecule has 0 aromatic carbocycles. The van der Waals surface area contributed by atoms with Crippen molar-refractivity contribution in [1.29, 1.82) is 0 Å². The Morgan fingerprint density at radius 3 is 2.30 bits per heavy atom. The van der Waals surface area contributed by atoms with Crippen LogP contribution in [0.3, 0.4) is 0 Å². The van der Waals surface area contributed by atoms with Crippen LogP contribution in [0.1, 0.15) is 64.2 Å². The zero-order valence-electron chi connectivity index (χ0n) is 14.6. The van der Waals surface area contributed by atoms with Crippen LogP contribution in [-0.2, 0) is 0 Å². The van der Waals surface area contributed by atoms with Gasteiger partial charge in [-0.3, -0.25) is 4.99 Å². The first kappa shape index (κ1) is 15.7. The van der Waals surface area contributed by atoms with Gasteiger partial charge in [-0.2, -0.15) is 0 Å². The Morgan fingerprint density at radius 2 is 1.70 bits per heavy atom. The van der Waals surface area contributed by atoms with Gasteiger partial charge in [-0.25, -0.2) is 0 Å². The lowest BCUT2D eigenvalue weighted by Gasteiger charge is -2.57. The number of nitrogens with two attached hydrogens (primary N) is 2. The number of guanidine groups is 1. The number of nitrogens with zero attached hydrogens (tertiary/aromatic N) is 2. The molecule has 4 saturated carbocycles. The highest BCUT2D eigenvalue weighted by Crippen LogP contribution is 2.61. The van der Waals surface area contributed by atoms with Crippen LogP contribution in [0.2, 0.25) is 0 Å². The Kier molecular flexibility index (Phi) is 4.29. The van der Waals surface area contributed by atoms with Crippen LogP contribution in [0.4, 0.5) is 0 Å². The molecule has 1 heterocycles. The Bertz CT molecular complexity index is 423. The Hall–Kier alpha value is -0.770. The topological polar surface area (TPSA) is 67.6 Å². The molecule has 5 rings (SSSR count). The molecule has 0 unspecified atom stereocenters. The summed E-state index contributed by atoms with van der Waals surface area (Å²) in [6.07, 6.45) is 14.0. The summed E-state index contributed by atoms with van der Waals surface area (Å²) >= 11 is 0. The third-order valence-electron chi connectivity index (χ3n) is 7.24. The molecule has 4 nitrogen and oxygen atoms in total. The summed E-state index contributed by atoms with van der Waals surface area (Å²) in [5.74, 6) is 3.94. The Morgan fingerprint density at radius 1 is 1.04 bits per heavy atom. The highest BCUT2D eigenvalue weighted by atomic mass is 15.3. The van der Waals surface area contributed by atoms with Gasteiger partial charge in [0.15, 0.2) is 5.96 Å². The molecule has 4 heteroatoms. The average Bonchev–Trinajstić information content (AvgIpc) is 2.85. The maximum Gasteiger partial charge on any atom is 0.191 e. The first-order chi connectivity index (χ1) is 11.2. The van der Waals surface area contributed by atoms with Gasteiger partial charge in [-0.1, -0.05) is 6.42 Å². The summed E-state index contributed by atoms with van der Waals surface area (Å²) in [6.45, 7) is 2.84. The minimum atomic E-state index is 0.537. The van der Waals surface area contributed by atoms with Crippen molar-refractivity contribution in [3.63, 3.8) is 0 Å². The van der Waals surface area contributed by atoms with Crippen molar-refractivity contribution in [3.8, 4) is 0 Å². The summed E-state index contributed by atoms with van der Waals surface area (Å²) in [5.41, 5.74) is 12.5. The average molecular weight is 319 g/mol. The molecule has 0 radical (unpaired) electrons. The van der Waals surface area contributed by atoms with Crippen molar-refractivity contribution in [2.45, 2.75) is 70.3 Å². The van der Waals surface area contributed by atoms with Crippen LogP contribution in [0, 0.1) is 23.2 Å². The molecular formula is C19H34N4. The molecule has 0 aromatic heterocycles. The molecule has 1 aliphatic heterocycles. The maximum atomic E-state index is 6.20. The maximum absolute atomic E-state index is 6.20. The van der Waals surface area contributed by atoms with E-state index in [2.05, 4.69) is 9.89 Å². The molecule has 4 bridgehead atoms. The summed E-state index contributed by atoms with van der Waals surface area (Å²) in [6, 6.07) is 0.537. The molecule has 23 heavy (non-hydrogen) atoms. The predicted molar refractivity (Wildman–Crippen MR) is 95.1 cm³/mol. The molecule has 5 aliphatic rings. The largest absolute Gasteiger partial charge is 0.370 e. The van der Waals surface area contributed by atoms with E-state index in [9.17, 15) is 0 Å². The van der Waals surface area contributed by atoms with Crippen molar-refractivity contribution in [1.82, 2.24) is 4.90 Å². The van der Waals surface area contributed by atoms with E-state index < -0.39 is 0 Å². The summed E-state index contributed by atoms with van der Waals surface area (Å²) in [4.78, 5) is 6.96. The quantitative estimate of drug-likeness (QED) is 0.709. The van der Waals surface area contributed by atoms with E-state index in [4.69, 9.17) is 11.5 Å². The van der Waals surface area contributed by atoms with Gasteiger partial charge in [0.1, 0.15) is 0 Å². The van der Waals surface area contributed by atoms with Gasteiger partial charge < -0.3 is 16.4 Å². The predicted octanol–water partition coefficient (Wildman–Crippen LogP) is 2.72. The van der Waals surface area contributed by atoms with Gasteiger partial charge >= 0.3 is 0 Å². The fourth-order valence-electron chi connectivity index (χ4n) is 6.60. The molecule has 130 valence electrons. The smallest absolute Gasteiger partial charge is 0.191 e. The number of unbranched alkanes of at least 4 members (excludes halogenated alkanes) is 1. The number of rotatable bonds is 7. The van der Waals surface area contributed by atoms with Gasteiger partial charge in [0.05, 0.1) is 12.6 Å². The van der Waals surface area contributed by atoms with Gasteiger partial charge in [0.25, 0.3) is 0 Å². The van der Waals surface area contributed by atoms with Gasteiger partial charge in [-0.15, -0.1) is 0 Å².